The monoisotopic (exact) mass is 299 g/mol. The SMILES string of the molecule is CCC(CC)(CNC(=O)c1cccc(F)c1NN)SC. The van der Waals surface area contributed by atoms with E-state index in [1.807, 2.05) is 6.26 Å². The zero-order chi connectivity index (χ0) is 15.2. The zero-order valence-electron chi connectivity index (χ0n) is 12.1. The summed E-state index contributed by atoms with van der Waals surface area (Å²) in [5.41, 5.74) is 2.48. The normalized spacial score (nSPS) is 11.2. The molecule has 1 amide bonds. The summed E-state index contributed by atoms with van der Waals surface area (Å²) in [4.78, 5) is 12.2. The molecule has 0 saturated heterocycles. The van der Waals surface area contributed by atoms with E-state index < -0.39 is 5.82 Å². The Bertz CT molecular complexity index is 455. The van der Waals surface area contributed by atoms with Crippen molar-refractivity contribution in [3.8, 4) is 0 Å². The van der Waals surface area contributed by atoms with E-state index in [4.69, 9.17) is 5.84 Å². The van der Waals surface area contributed by atoms with E-state index in [9.17, 15) is 9.18 Å². The maximum Gasteiger partial charge on any atom is 0.253 e. The van der Waals surface area contributed by atoms with Gasteiger partial charge in [-0.3, -0.25) is 10.6 Å². The minimum atomic E-state index is -0.540. The molecule has 112 valence electrons. The first-order valence-electron chi connectivity index (χ1n) is 6.62. The van der Waals surface area contributed by atoms with Crippen LogP contribution in [0.1, 0.15) is 37.0 Å². The summed E-state index contributed by atoms with van der Waals surface area (Å²) in [6.07, 6.45) is 3.94. The van der Waals surface area contributed by atoms with Gasteiger partial charge in [0.15, 0.2) is 0 Å². The largest absolute Gasteiger partial charge is 0.351 e. The van der Waals surface area contributed by atoms with E-state index in [0.717, 1.165) is 12.8 Å². The van der Waals surface area contributed by atoms with Crippen LogP contribution in [0.5, 0.6) is 0 Å². The minimum Gasteiger partial charge on any atom is -0.351 e. The molecule has 6 heteroatoms. The molecule has 1 rings (SSSR count). The van der Waals surface area contributed by atoms with Crippen LogP contribution in [0.2, 0.25) is 0 Å². The van der Waals surface area contributed by atoms with Crippen LogP contribution in [0.25, 0.3) is 0 Å². The molecule has 0 radical (unpaired) electrons. The predicted octanol–water partition coefficient (Wildman–Crippen LogP) is 2.76. The molecular weight excluding hydrogens is 277 g/mol. The molecule has 0 unspecified atom stereocenters. The van der Waals surface area contributed by atoms with E-state index in [2.05, 4.69) is 24.6 Å². The summed E-state index contributed by atoms with van der Waals surface area (Å²) >= 11 is 1.74. The Kier molecular flexibility index (Phi) is 6.29. The van der Waals surface area contributed by atoms with Crippen molar-refractivity contribution in [3.05, 3.63) is 29.6 Å². The van der Waals surface area contributed by atoms with Gasteiger partial charge in [0.2, 0.25) is 0 Å². The number of para-hydroxylation sites is 1. The molecule has 1 aromatic carbocycles. The number of carbonyl (C=O) groups excluding carboxylic acids is 1. The van der Waals surface area contributed by atoms with E-state index in [1.54, 1.807) is 17.8 Å². The number of nitrogens with two attached hydrogens (primary N) is 1. The molecular formula is C14H22FN3OS. The number of nitrogens with one attached hydrogen (secondary N) is 2. The van der Waals surface area contributed by atoms with E-state index >= 15 is 0 Å². The average molecular weight is 299 g/mol. The Morgan fingerprint density at radius 1 is 1.40 bits per heavy atom. The number of benzene rings is 1. The van der Waals surface area contributed by atoms with E-state index in [0.29, 0.717) is 6.54 Å². The van der Waals surface area contributed by atoms with Gasteiger partial charge in [-0.1, -0.05) is 19.9 Å². The highest BCUT2D eigenvalue weighted by Gasteiger charge is 2.26. The van der Waals surface area contributed by atoms with E-state index in [-0.39, 0.29) is 21.9 Å². The number of nitrogen functional groups attached to an aromatic ring is 1. The van der Waals surface area contributed by atoms with Gasteiger partial charge in [-0.15, -0.1) is 0 Å². The quantitative estimate of drug-likeness (QED) is 0.535. The third-order valence-electron chi connectivity index (χ3n) is 3.70. The van der Waals surface area contributed by atoms with Crippen molar-refractivity contribution in [2.75, 3.05) is 18.2 Å². The first-order valence-corrected chi connectivity index (χ1v) is 7.84. The second-order valence-electron chi connectivity index (χ2n) is 4.58. The minimum absolute atomic E-state index is 0.0132. The van der Waals surface area contributed by atoms with Gasteiger partial charge in [-0.05, 0) is 31.2 Å². The topological polar surface area (TPSA) is 67.2 Å². The highest BCUT2D eigenvalue weighted by atomic mass is 32.2. The molecule has 0 bridgehead atoms. The summed E-state index contributed by atoms with van der Waals surface area (Å²) in [6.45, 7) is 4.74. The summed E-state index contributed by atoms with van der Waals surface area (Å²) in [7, 11) is 0. The van der Waals surface area contributed by atoms with Crippen LogP contribution in [-0.2, 0) is 0 Å². The molecule has 0 aliphatic rings. The fraction of sp³-hybridized carbons (Fsp3) is 0.500. The number of hydrogen-bond acceptors (Lipinski definition) is 4. The third kappa shape index (κ3) is 3.64. The molecule has 0 fully saturated rings. The molecule has 0 aromatic heterocycles. The van der Waals surface area contributed by atoms with Crippen LogP contribution in [0, 0.1) is 5.82 Å². The number of thioether (sulfide) groups is 1. The number of amides is 1. The van der Waals surface area contributed by atoms with Gasteiger partial charge in [0.05, 0.1) is 11.3 Å². The van der Waals surface area contributed by atoms with Crippen LogP contribution in [0.4, 0.5) is 10.1 Å². The third-order valence-corrected chi connectivity index (χ3v) is 5.28. The van der Waals surface area contributed by atoms with Crippen molar-refractivity contribution < 1.29 is 9.18 Å². The van der Waals surface area contributed by atoms with Gasteiger partial charge in [0, 0.05) is 11.3 Å². The highest BCUT2D eigenvalue weighted by molar-refractivity contribution is 8.00. The Hall–Kier alpha value is -1.27. The summed E-state index contributed by atoms with van der Waals surface area (Å²) < 4.78 is 13.6. The molecule has 0 atom stereocenters. The molecule has 1 aromatic rings. The second kappa shape index (κ2) is 7.50. The molecule has 0 saturated carbocycles. The lowest BCUT2D eigenvalue weighted by atomic mass is 10.0. The van der Waals surface area contributed by atoms with Gasteiger partial charge in [0.25, 0.3) is 5.91 Å². The molecule has 0 aliphatic heterocycles. The van der Waals surface area contributed by atoms with Gasteiger partial charge in [-0.2, -0.15) is 11.8 Å². The first-order chi connectivity index (χ1) is 9.53. The van der Waals surface area contributed by atoms with Crippen molar-refractivity contribution in [2.24, 2.45) is 5.84 Å². The molecule has 20 heavy (non-hydrogen) atoms. The molecule has 4 nitrogen and oxygen atoms in total. The Balaban J connectivity index is 2.85. The Morgan fingerprint density at radius 2 is 2.05 bits per heavy atom. The lowest BCUT2D eigenvalue weighted by Crippen LogP contribution is -2.40. The highest BCUT2D eigenvalue weighted by Crippen LogP contribution is 2.29. The fourth-order valence-corrected chi connectivity index (χ4v) is 2.85. The molecule has 4 N–H and O–H groups in total. The second-order valence-corrected chi connectivity index (χ2v) is 5.86. The lowest BCUT2D eigenvalue weighted by Gasteiger charge is -2.29. The Labute approximate surface area is 123 Å². The van der Waals surface area contributed by atoms with Gasteiger partial charge in [0.1, 0.15) is 5.82 Å². The lowest BCUT2D eigenvalue weighted by molar-refractivity contribution is 0.0949. The maximum atomic E-state index is 13.6. The molecule has 0 spiro atoms. The van der Waals surface area contributed by atoms with Crippen molar-refractivity contribution in [2.45, 2.75) is 31.4 Å². The summed E-state index contributed by atoms with van der Waals surface area (Å²) in [6, 6.07) is 4.30. The summed E-state index contributed by atoms with van der Waals surface area (Å²) in [5, 5.41) is 2.87. The van der Waals surface area contributed by atoms with Crippen LogP contribution < -0.4 is 16.6 Å². The van der Waals surface area contributed by atoms with Crippen LogP contribution in [0.3, 0.4) is 0 Å². The number of halogens is 1. The van der Waals surface area contributed by atoms with Gasteiger partial charge < -0.3 is 10.7 Å². The number of carbonyl (C=O) groups is 1. The number of anilines is 1. The number of hydrazine groups is 1. The van der Waals surface area contributed by atoms with Crippen LogP contribution in [0.15, 0.2) is 18.2 Å². The predicted molar refractivity (Wildman–Crippen MR) is 83.4 cm³/mol. The van der Waals surface area contributed by atoms with Crippen LogP contribution in [-0.4, -0.2) is 23.5 Å². The van der Waals surface area contributed by atoms with Crippen molar-refractivity contribution in [1.29, 1.82) is 0 Å². The standard InChI is InChI=1S/C14H22FN3OS/c1-4-14(5-2,20-3)9-17-13(19)10-7-6-8-11(15)12(10)18-16/h6-8,18H,4-5,9,16H2,1-3H3,(H,17,19). The number of rotatable bonds is 7. The van der Waals surface area contributed by atoms with Crippen molar-refractivity contribution >= 4 is 23.4 Å². The zero-order valence-corrected chi connectivity index (χ0v) is 12.9. The van der Waals surface area contributed by atoms with Crippen LogP contribution >= 0.6 is 11.8 Å². The fourth-order valence-electron chi connectivity index (χ4n) is 2.06. The smallest absolute Gasteiger partial charge is 0.253 e. The molecule has 0 heterocycles. The van der Waals surface area contributed by atoms with Gasteiger partial charge in [-0.25, -0.2) is 4.39 Å². The van der Waals surface area contributed by atoms with Crippen molar-refractivity contribution in [1.82, 2.24) is 5.32 Å². The van der Waals surface area contributed by atoms with Crippen molar-refractivity contribution in [3.63, 3.8) is 0 Å². The average Bonchev–Trinajstić information content (AvgIpc) is 2.48. The number of hydrogen-bond donors (Lipinski definition) is 3. The van der Waals surface area contributed by atoms with Gasteiger partial charge >= 0.3 is 0 Å². The summed E-state index contributed by atoms with van der Waals surface area (Å²) in [5.74, 6) is 4.41. The first kappa shape index (κ1) is 16.8. The maximum absolute atomic E-state index is 13.6. The van der Waals surface area contributed by atoms with E-state index in [1.165, 1.54) is 12.1 Å². The molecule has 0 aliphatic carbocycles. The Morgan fingerprint density at radius 3 is 2.55 bits per heavy atom.